The molecule has 7 heteroatoms. The Labute approximate surface area is 175 Å². The Kier molecular flexibility index (Phi) is 6.74. The Morgan fingerprint density at radius 3 is 2.60 bits per heavy atom. The normalized spacial score (nSPS) is 18.2. The zero-order chi connectivity index (χ0) is 21.7. The van der Waals surface area contributed by atoms with Crippen LogP contribution in [0.3, 0.4) is 0 Å². The van der Waals surface area contributed by atoms with E-state index in [4.69, 9.17) is 9.15 Å². The summed E-state index contributed by atoms with van der Waals surface area (Å²) in [5.74, 6) is -0.513. The van der Waals surface area contributed by atoms with Gasteiger partial charge in [0.25, 0.3) is 11.7 Å². The summed E-state index contributed by atoms with van der Waals surface area (Å²) < 4.78 is 11.0. The molecule has 0 spiro atoms. The molecule has 0 bridgehead atoms. The van der Waals surface area contributed by atoms with Crippen LogP contribution in [0.1, 0.15) is 23.8 Å². The van der Waals surface area contributed by atoms with Crippen molar-refractivity contribution in [3.8, 4) is 5.75 Å². The van der Waals surface area contributed by atoms with E-state index in [1.165, 1.54) is 16.1 Å². The highest BCUT2D eigenvalue weighted by molar-refractivity contribution is 6.46. The fourth-order valence-corrected chi connectivity index (χ4v) is 3.48. The molecule has 0 radical (unpaired) electrons. The number of amides is 1. The molecule has 7 nitrogen and oxygen atoms in total. The highest BCUT2D eigenvalue weighted by atomic mass is 16.5. The first kappa shape index (κ1) is 21.4. The van der Waals surface area contributed by atoms with Crippen LogP contribution < -0.4 is 9.64 Å². The maximum Gasteiger partial charge on any atom is 0.295 e. The minimum atomic E-state index is -0.756. The van der Waals surface area contributed by atoms with Crippen molar-refractivity contribution in [1.29, 1.82) is 0 Å². The minimum absolute atomic E-state index is 0.0342. The van der Waals surface area contributed by atoms with Gasteiger partial charge in [0, 0.05) is 18.5 Å². The van der Waals surface area contributed by atoms with E-state index >= 15 is 0 Å². The van der Waals surface area contributed by atoms with E-state index in [9.17, 15) is 14.7 Å². The van der Waals surface area contributed by atoms with Crippen LogP contribution in [0.5, 0.6) is 5.75 Å². The molecule has 1 aliphatic rings. The van der Waals surface area contributed by atoms with Gasteiger partial charge in [0.1, 0.15) is 29.9 Å². The number of nitrogens with one attached hydrogen (secondary N) is 1. The number of hydrogen-bond acceptors (Lipinski definition) is 5. The molecule has 30 heavy (non-hydrogen) atoms. The van der Waals surface area contributed by atoms with Crippen molar-refractivity contribution in [3.63, 3.8) is 0 Å². The first-order chi connectivity index (χ1) is 14.4. The molecule has 1 amide bonds. The summed E-state index contributed by atoms with van der Waals surface area (Å²) in [5, 5.41) is 11.0. The average Bonchev–Trinajstić information content (AvgIpc) is 3.34. The molecule has 3 rings (SSSR count). The average molecular weight is 411 g/mol. The summed E-state index contributed by atoms with van der Waals surface area (Å²) >= 11 is 0. The SMILES string of the molecule is C=CCOc1ccc(C(O)=C2C(=O)C(=O)N(CCC[NH+](C)C)[C@H]2c2ccco2)cc1. The fourth-order valence-electron chi connectivity index (χ4n) is 3.48. The first-order valence-corrected chi connectivity index (χ1v) is 9.89. The predicted molar refractivity (Wildman–Crippen MR) is 112 cm³/mol. The van der Waals surface area contributed by atoms with Crippen LogP contribution in [-0.2, 0) is 9.59 Å². The van der Waals surface area contributed by atoms with Crippen LogP contribution in [0, 0.1) is 0 Å². The molecule has 2 heterocycles. The van der Waals surface area contributed by atoms with Crippen LogP contribution in [0.25, 0.3) is 5.76 Å². The summed E-state index contributed by atoms with van der Waals surface area (Å²) in [6.07, 6.45) is 3.85. The lowest BCUT2D eigenvalue weighted by Gasteiger charge is -2.23. The van der Waals surface area contributed by atoms with Gasteiger partial charge in [-0.25, -0.2) is 0 Å². The molecule has 1 aromatic heterocycles. The van der Waals surface area contributed by atoms with Crippen molar-refractivity contribution in [2.45, 2.75) is 12.5 Å². The van der Waals surface area contributed by atoms with Gasteiger partial charge in [-0.15, -0.1) is 0 Å². The number of carbonyl (C=O) groups excluding carboxylic acids is 2. The Hall–Kier alpha value is -3.32. The van der Waals surface area contributed by atoms with Gasteiger partial charge in [-0.05, 0) is 36.4 Å². The van der Waals surface area contributed by atoms with E-state index in [2.05, 4.69) is 6.58 Å². The number of likely N-dealkylation sites (tertiary alicyclic amines) is 1. The van der Waals surface area contributed by atoms with Crippen molar-refractivity contribution >= 4 is 17.4 Å². The Bertz CT molecular complexity index is 929. The van der Waals surface area contributed by atoms with Crippen molar-refractivity contribution in [2.75, 3.05) is 33.8 Å². The van der Waals surface area contributed by atoms with Gasteiger partial charge >= 0.3 is 0 Å². The number of quaternary nitrogens is 1. The van der Waals surface area contributed by atoms with Gasteiger partial charge in [0.05, 0.1) is 32.5 Å². The van der Waals surface area contributed by atoms with Crippen molar-refractivity contribution in [3.05, 3.63) is 72.2 Å². The predicted octanol–water partition coefficient (Wildman–Crippen LogP) is 1.80. The Morgan fingerprint density at radius 1 is 1.27 bits per heavy atom. The number of carbonyl (C=O) groups is 2. The molecule has 1 fully saturated rings. The van der Waals surface area contributed by atoms with E-state index in [1.54, 1.807) is 42.5 Å². The number of rotatable bonds is 9. The fraction of sp³-hybridized carbons (Fsp3) is 0.304. The largest absolute Gasteiger partial charge is 0.507 e. The van der Waals surface area contributed by atoms with Crippen molar-refractivity contribution in [1.82, 2.24) is 4.90 Å². The highest BCUT2D eigenvalue weighted by Gasteiger charge is 2.47. The number of Topliss-reactive ketones (excluding diaryl/α,β-unsaturated/α-hetero) is 1. The smallest absolute Gasteiger partial charge is 0.295 e. The lowest BCUT2D eigenvalue weighted by molar-refractivity contribution is -0.858. The van der Waals surface area contributed by atoms with Gasteiger partial charge < -0.3 is 24.1 Å². The monoisotopic (exact) mass is 411 g/mol. The number of ether oxygens (including phenoxy) is 1. The molecule has 0 saturated carbocycles. The van der Waals surface area contributed by atoms with Gasteiger partial charge in [-0.1, -0.05) is 12.7 Å². The summed E-state index contributed by atoms with van der Waals surface area (Å²) in [7, 11) is 4.06. The van der Waals surface area contributed by atoms with Crippen molar-refractivity contribution < 1.29 is 28.7 Å². The summed E-state index contributed by atoms with van der Waals surface area (Å²) in [6.45, 7) is 5.21. The van der Waals surface area contributed by atoms with E-state index in [0.29, 0.717) is 30.2 Å². The second-order valence-corrected chi connectivity index (χ2v) is 7.44. The number of hydrogen-bond donors (Lipinski definition) is 2. The number of ketones is 1. The van der Waals surface area contributed by atoms with Gasteiger partial charge in [-0.3, -0.25) is 9.59 Å². The molecule has 158 valence electrons. The Balaban J connectivity index is 1.96. The Morgan fingerprint density at radius 2 is 2.00 bits per heavy atom. The lowest BCUT2D eigenvalue weighted by atomic mass is 9.99. The van der Waals surface area contributed by atoms with Crippen LogP contribution in [0.2, 0.25) is 0 Å². The second-order valence-electron chi connectivity index (χ2n) is 7.44. The zero-order valence-corrected chi connectivity index (χ0v) is 17.3. The summed E-state index contributed by atoms with van der Waals surface area (Å²) in [5.41, 5.74) is 0.458. The molecular formula is C23H27N2O5+. The molecule has 0 aliphatic carbocycles. The molecular weight excluding hydrogens is 384 g/mol. The molecule has 2 N–H and O–H groups in total. The third-order valence-electron chi connectivity index (χ3n) is 4.92. The molecule has 1 aromatic carbocycles. The third-order valence-corrected chi connectivity index (χ3v) is 4.92. The number of aliphatic hydroxyl groups excluding tert-OH is 1. The lowest BCUT2D eigenvalue weighted by Crippen LogP contribution is -3.05. The number of nitrogens with zero attached hydrogens (tertiary/aromatic N) is 1. The van der Waals surface area contributed by atoms with Crippen LogP contribution in [-0.4, -0.2) is 55.5 Å². The van der Waals surface area contributed by atoms with Gasteiger partial charge in [0.15, 0.2) is 0 Å². The van der Waals surface area contributed by atoms with E-state index in [0.717, 1.165) is 13.0 Å². The molecule has 1 atom stereocenters. The number of furan rings is 1. The van der Waals surface area contributed by atoms with Crippen LogP contribution >= 0.6 is 0 Å². The van der Waals surface area contributed by atoms with Crippen molar-refractivity contribution in [2.24, 2.45) is 0 Å². The number of aliphatic hydroxyl groups is 1. The first-order valence-electron chi connectivity index (χ1n) is 9.89. The maximum atomic E-state index is 12.8. The van der Waals surface area contributed by atoms with E-state index in [-0.39, 0.29) is 11.3 Å². The van der Waals surface area contributed by atoms with Gasteiger partial charge in [0.2, 0.25) is 0 Å². The minimum Gasteiger partial charge on any atom is -0.507 e. The van der Waals surface area contributed by atoms with Gasteiger partial charge in [-0.2, -0.15) is 0 Å². The van der Waals surface area contributed by atoms with Crippen LogP contribution in [0.15, 0.2) is 65.3 Å². The molecule has 1 aliphatic heterocycles. The quantitative estimate of drug-likeness (QED) is 0.285. The summed E-state index contributed by atoms with van der Waals surface area (Å²) in [4.78, 5) is 28.3. The third kappa shape index (κ3) is 4.46. The molecule has 2 aromatic rings. The zero-order valence-electron chi connectivity index (χ0n) is 17.3. The second kappa shape index (κ2) is 9.45. The maximum absolute atomic E-state index is 12.8. The van der Waals surface area contributed by atoms with Crippen LogP contribution in [0.4, 0.5) is 0 Å². The van der Waals surface area contributed by atoms with E-state index in [1.807, 2.05) is 14.1 Å². The molecule has 1 saturated heterocycles. The standard InChI is InChI=1S/C23H26N2O5/c1-4-14-29-17-10-8-16(9-11-17)21(26)19-20(18-7-5-15-30-18)25(23(28)22(19)27)13-6-12-24(2)3/h4-5,7-11,15,20,26H,1,6,12-14H2,2-3H3/p+1/t20-/m0/s1. The van der Waals surface area contributed by atoms with E-state index < -0.39 is 17.7 Å². The molecule has 0 unspecified atom stereocenters. The highest BCUT2D eigenvalue weighted by Crippen LogP contribution is 2.39. The number of benzene rings is 1. The summed E-state index contributed by atoms with van der Waals surface area (Å²) in [6, 6.07) is 9.33. The topological polar surface area (TPSA) is 84.4 Å².